The van der Waals surface area contributed by atoms with E-state index in [2.05, 4.69) is 0 Å². The summed E-state index contributed by atoms with van der Waals surface area (Å²) in [7, 11) is 1.54. The van der Waals surface area contributed by atoms with Crippen LogP contribution in [0, 0.1) is 0 Å². The Hall–Kier alpha value is -3.28. The number of carbonyl (C=O) groups excluding carboxylic acids is 1. The molecule has 1 aromatic heterocycles. The Kier molecular flexibility index (Phi) is 7.02. The van der Waals surface area contributed by atoms with Crippen LogP contribution in [0.1, 0.15) is 23.0 Å². The molecule has 0 radical (unpaired) electrons. The fourth-order valence-electron chi connectivity index (χ4n) is 3.63. The first kappa shape index (κ1) is 22.9. The largest absolute Gasteiger partial charge is 0.493 e. The molecular weight excluding hydrogens is 461 g/mol. The standard InChI is InChI=1S/C26H21Cl2NO4/c1-3-32-26(30)25-21(15-33-22-12-10-18(28)14-23(22)31-2)29-20-11-9-17(27)13-19(20)24(25)16-7-5-4-6-8-16/h4-14H,3,15H2,1-2H3. The number of benzene rings is 3. The Labute approximate surface area is 201 Å². The van der Waals surface area contributed by atoms with Gasteiger partial charge < -0.3 is 14.2 Å². The Morgan fingerprint density at radius 2 is 1.67 bits per heavy atom. The van der Waals surface area contributed by atoms with Gasteiger partial charge in [0.15, 0.2) is 11.5 Å². The molecule has 0 spiro atoms. The third-order valence-electron chi connectivity index (χ3n) is 5.05. The molecule has 7 heteroatoms. The lowest BCUT2D eigenvalue weighted by Gasteiger charge is -2.18. The SMILES string of the molecule is CCOC(=O)c1c(COc2ccc(Cl)cc2OC)nc2ccc(Cl)cc2c1-c1ccccc1. The molecule has 1 heterocycles. The second-order valence-electron chi connectivity index (χ2n) is 7.14. The number of carbonyl (C=O) groups is 1. The Morgan fingerprint density at radius 1 is 0.939 bits per heavy atom. The van der Waals surface area contributed by atoms with Gasteiger partial charge in [-0.3, -0.25) is 0 Å². The average Bonchev–Trinajstić information content (AvgIpc) is 2.83. The van der Waals surface area contributed by atoms with Crippen molar-refractivity contribution in [1.29, 1.82) is 0 Å². The Balaban J connectivity index is 1.91. The number of ether oxygens (including phenoxy) is 3. The van der Waals surface area contributed by atoms with Gasteiger partial charge in [0.2, 0.25) is 0 Å². The molecule has 0 saturated carbocycles. The van der Waals surface area contributed by atoms with Crippen LogP contribution in [0.5, 0.6) is 11.5 Å². The van der Waals surface area contributed by atoms with Gasteiger partial charge in [-0.1, -0.05) is 53.5 Å². The van der Waals surface area contributed by atoms with Crippen LogP contribution in [0.2, 0.25) is 10.0 Å². The number of pyridine rings is 1. The van der Waals surface area contributed by atoms with E-state index in [4.69, 9.17) is 42.4 Å². The summed E-state index contributed by atoms with van der Waals surface area (Å²) in [6.07, 6.45) is 0. The number of nitrogens with zero attached hydrogens (tertiary/aromatic N) is 1. The van der Waals surface area contributed by atoms with Gasteiger partial charge in [0, 0.05) is 27.1 Å². The van der Waals surface area contributed by atoms with E-state index in [9.17, 15) is 4.79 Å². The summed E-state index contributed by atoms with van der Waals surface area (Å²) < 4.78 is 16.8. The zero-order chi connectivity index (χ0) is 23.4. The number of methoxy groups -OCH3 is 1. The minimum Gasteiger partial charge on any atom is -0.493 e. The van der Waals surface area contributed by atoms with Gasteiger partial charge in [-0.2, -0.15) is 0 Å². The van der Waals surface area contributed by atoms with E-state index >= 15 is 0 Å². The molecular formula is C26H21Cl2NO4. The van der Waals surface area contributed by atoms with E-state index < -0.39 is 5.97 Å². The van der Waals surface area contributed by atoms with Crippen LogP contribution in [0.15, 0.2) is 66.7 Å². The normalized spacial score (nSPS) is 10.8. The van der Waals surface area contributed by atoms with E-state index in [0.29, 0.717) is 43.9 Å². The number of aromatic nitrogens is 1. The van der Waals surface area contributed by atoms with Gasteiger partial charge in [-0.25, -0.2) is 9.78 Å². The maximum atomic E-state index is 13.2. The van der Waals surface area contributed by atoms with Gasteiger partial charge in [-0.05, 0) is 42.8 Å². The zero-order valence-corrected chi connectivity index (χ0v) is 19.6. The van der Waals surface area contributed by atoms with Crippen LogP contribution in [0.25, 0.3) is 22.0 Å². The molecule has 168 valence electrons. The Bertz CT molecular complexity index is 1310. The van der Waals surface area contributed by atoms with Crippen molar-refractivity contribution < 1.29 is 19.0 Å². The molecule has 0 N–H and O–H groups in total. The second-order valence-corrected chi connectivity index (χ2v) is 8.01. The molecule has 4 rings (SSSR count). The molecule has 0 aliphatic carbocycles. The molecule has 0 aliphatic heterocycles. The number of halogens is 2. The lowest BCUT2D eigenvalue weighted by atomic mass is 9.94. The third kappa shape index (κ3) is 4.90. The van der Waals surface area contributed by atoms with Crippen LogP contribution in [-0.2, 0) is 11.3 Å². The Morgan fingerprint density at radius 3 is 2.39 bits per heavy atom. The van der Waals surface area contributed by atoms with E-state index in [0.717, 1.165) is 10.9 Å². The second kappa shape index (κ2) is 10.1. The first-order valence-corrected chi connectivity index (χ1v) is 11.1. The van der Waals surface area contributed by atoms with Crippen molar-refractivity contribution in [3.8, 4) is 22.6 Å². The molecule has 0 fully saturated rings. The third-order valence-corrected chi connectivity index (χ3v) is 5.52. The van der Waals surface area contributed by atoms with Crippen LogP contribution >= 0.6 is 23.2 Å². The molecule has 0 unspecified atom stereocenters. The number of esters is 1. The van der Waals surface area contributed by atoms with Gasteiger partial charge in [0.05, 0.1) is 30.5 Å². The molecule has 33 heavy (non-hydrogen) atoms. The molecule has 3 aromatic carbocycles. The van der Waals surface area contributed by atoms with E-state index in [1.165, 1.54) is 7.11 Å². The van der Waals surface area contributed by atoms with Crippen LogP contribution in [-0.4, -0.2) is 24.7 Å². The van der Waals surface area contributed by atoms with Gasteiger partial charge in [0.25, 0.3) is 0 Å². The smallest absolute Gasteiger partial charge is 0.340 e. The molecule has 0 aliphatic rings. The highest BCUT2D eigenvalue weighted by Crippen LogP contribution is 2.36. The number of hydrogen-bond acceptors (Lipinski definition) is 5. The molecule has 5 nitrogen and oxygen atoms in total. The number of rotatable bonds is 7. The summed E-state index contributed by atoms with van der Waals surface area (Å²) in [5.41, 5.74) is 3.02. The van der Waals surface area contributed by atoms with Gasteiger partial charge in [-0.15, -0.1) is 0 Å². The predicted molar refractivity (Wildman–Crippen MR) is 130 cm³/mol. The quantitative estimate of drug-likeness (QED) is 0.266. The summed E-state index contributed by atoms with van der Waals surface area (Å²) in [6, 6.07) is 20.1. The lowest BCUT2D eigenvalue weighted by Crippen LogP contribution is -2.14. The van der Waals surface area contributed by atoms with Crippen molar-refractivity contribution in [2.45, 2.75) is 13.5 Å². The molecule has 0 saturated heterocycles. The number of fused-ring (bicyclic) bond motifs is 1. The van der Waals surface area contributed by atoms with E-state index in [1.54, 1.807) is 31.2 Å². The zero-order valence-electron chi connectivity index (χ0n) is 18.1. The van der Waals surface area contributed by atoms with E-state index in [-0.39, 0.29) is 13.2 Å². The highest BCUT2D eigenvalue weighted by Gasteiger charge is 2.24. The highest BCUT2D eigenvalue weighted by atomic mass is 35.5. The van der Waals surface area contributed by atoms with Crippen molar-refractivity contribution >= 4 is 40.1 Å². The first-order valence-electron chi connectivity index (χ1n) is 10.3. The molecule has 0 bridgehead atoms. The minimum absolute atomic E-state index is 0.0184. The first-order chi connectivity index (χ1) is 16.0. The lowest BCUT2D eigenvalue weighted by molar-refractivity contribution is 0.0523. The monoisotopic (exact) mass is 481 g/mol. The van der Waals surface area contributed by atoms with Gasteiger partial charge >= 0.3 is 5.97 Å². The van der Waals surface area contributed by atoms with Crippen molar-refractivity contribution in [3.05, 3.63) is 88.0 Å². The van der Waals surface area contributed by atoms with Crippen LogP contribution < -0.4 is 9.47 Å². The summed E-state index contributed by atoms with van der Waals surface area (Å²) in [5, 5.41) is 1.83. The number of hydrogen-bond donors (Lipinski definition) is 0. The topological polar surface area (TPSA) is 57.7 Å². The maximum absolute atomic E-state index is 13.2. The summed E-state index contributed by atoms with van der Waals surface area (Å²) in [5.74, 6) is 0.486. The van der Waals surface area contributed by atoms with Crippen LogP contribution in [0.4, 0.5) is 0 Å². The van der Waals surface area contributed by atoms with Crippen molar-refractivity contribution in [1.82, 2.24) is 4.98 Å². The minimum atomic E-state index is -0.479. The maximum Gasteiger partial charge on any atom is 0.340 e. The fraction of sp³-hybridized carbons (Fsp3) is 0.154. The van der Waals surface area contributed by atoms with Crippen LogP contribution in [0.3, 0.4) is 0 Å². The predicted octanol–water partition coefficient (Wildman–Crippen LogP) is 6.97. The van der Waals surface area contributed by atoms with Gasteiger partial charge in [0.1, 0.15) is 6.61 Å². The highest BCUT2D eigenvalue weighted by molar-refractivity contribution is 6.31. The summed E-state index contributed by atoms with van der Waals surface area (Å²) in [4.78, 5) is 17.9. The van der Waals surface area contributed by atoms with E-state index in [1.807, 2.05) is 42.5 Å². The fourth-order valence-corrected chi connectivity index (χ4v) is 3.96. The molecule has 0 amide bonds. The molecule has 4 aromatic rings. The molecule has 0 atom stereocenters. The van der Waals surface area contributed by atoms with Crippen molar-refractivity contribution in [2.24, 2.45) is 0 Å². The summed E-state index contributed by atoms with van der Waals surface area (Å²) in [6.45, 7) is 2.01. The van der Waals surface area contributed by atoms with Crippen molar-refractivity contribution in [2.75, 3.05) is 13.7 Å². The summed E-state index contributed by atoms with van der Waals surface area (Å²) >= 11 is 12.4. The average molecular weight is 482 g/mol. The van der Waals surface area contributed by atoms with Crippen molar-refractivity contribution in [3.63, 3.8) is 0 Å².